The Morgan fingerprint density at radius 3 is 1.79 bits per heavy atom. The Morgan fingerprint density at radius 2 is 1.30 bits per heavy atom. The van der Waals surface area contributed by atoms with Crippen LogP contribution in [0.3, 0.4) is 0 Å². The van der Waals surface area contributed by atoms with Gasteiger partial charge in [0.15, 0.2) is 0 Å². The summed E-state index contributed by atoms with van der Waals surface area (Å²) >= 11 is 0. The van der Waals surface area contributed by atoms with E-state index in [1.807, 2.05) is 26.0 Å². The molecule has 0 rings (SSSR count). The first-order valence-electron chi connectivity index (χ1n) is 15.0. The summed E-state index contributed by atoms with van der Waals surface area (Å²) in [5.41, 5.74) is 0. The number of carboxylic acids is 2. The second-order valence-electron chi connectivity index (χ2n) is 9.73. The molecule has 0 aromatic carbocycles. The number of nitrogens with zero attached hydrogens (tertiary/aromatic N) is 3. The van der Waals surface area contributed by atoms with E-state index >= 15 is 0 Å². The van der Waals surface area contributed by atoms with Crippen LogP contribution in [-0.4, -0.2) is 152 Å². The van der Waals surface area contributed by atoms with Crippen LogP contribution in [0.1, 0.15) is 78.1 Å². The van der Waals surface area contributed by atoms with Crippen molar-refractivity contribution in [1.29, 1.82) is 0 Å². The van der Waals surface area contributed by atoms with Crippen molar-refractivity contribution in [2.24, 2.45) is 4.99 Å². The molecule has 0 unspecified atom stereocenters. The Bertz CT molecular complexity index is 781. The van der Waals surface area contributed by atoms with Crippen LogP contribution < -0.4 is 15.5 Å². The van der Waals surface area contributed by atoms with Gasteiger partial charge in [0.1, 0.15) is 0 Å². The third kappa shape index (κ3) is 36.6. The Labute approximate surface area is 287 Å². The molecule has 4 N–H and O–H groups in total. The van der Waals surface area contributed by atoms with Gasteiger partial charge in [-0.3, -0.25) is 19.4 Å². The fourth-order valence-corrected chi connectivity index (χ4v) is 3.76. The molecule has 0 aromatic rings. The number of carbonyl (C=O) groups excluding carboxylic acids is 2. The first kappa shape index (κ1) is 45.9. The van der Waals surface area contributed by atoms with E-state index in [9.17, 15) is 24.6 Å². The Balaban J connectivity index is -0.000000727. The molecular weight excluding hydrogens is 584 g/mol. The Hall–Kier alpha value is -1.54. The van der Waals surface area contributed by atoms with Gasteiger partial charge in [0.05, 0.1) is 19.1 Å². The molecule has 0 aromatic heterocycles. The molecule has 0 saturated heterocycles. The van der Waals surface area contributed by atoms with E-state index in [0.29, 0.717) is 58.4 Å². The molecule has 0 spiro atoms. The van der Waals surface area contributed by atoms with E-state index in [1.54, 1.807) is 9.80 Å². The minimum Gasteiger partial charge on any atom is -0.862 e. The zero-order chi connectivity index (χ0) is 31.8. The Morgan fingerprint density at radius 1 is 0.767 bits per heavy atom. The van der Waals surface area contributed by atoms with Crippen LogP contribution >= 0.6 is 0 Å². The molecule has 0 radical (unpaired) electrons. The van der Waals surface area contributed by atoms with Crippen LogP contribution in [0.15, 0.2) is 29.3 Å². The van der Waals surface area contributed by atoms with E-state index in [-0.39, 0.29) is 82.4 Å². The van der Waals surface area contributed by atoms with Crippen LogP contribution in [-0.2, 0) is 14.4 Å². The van der Waals surface area contributed by atoms with Gasteiger partial charge in [-0.1, -0.05) is 24.3 Å². The van der Waals surface area contributed by atoms with Gasteiger partial charge in [-0.25, -0.2) is 0 Å². The van der Waals surface area contributed by atoms with E-state index in [1.165, 1.54) is 0 Å². The number of aliphatic hydroxyl groups is 2. The molecule has 1 amide bonds. The van der Waals surface area contributed by atoms with Crippen molar-refractivity contribution >= 4 is 61.5 Å². The molecule has 0 aliphatic carbocycles. The number of amides is 1. The van der Waals surface area contributed by atoms with Crippen LogP contribution in [0.25, 0.3) is 0 Å². The number of unbranched alkanes of at least 4 members (excludes halogenated alkanes) is 4. The largest absolute Gasteiger partial charge is 2.00 e. The predicted octanol–water partition coefficient (Wildman–Crippen LogP) is -0.0567. The molecule has 13 heteroatoms. The minimum absolute atomic E-state index is 0. The molecule has 43 heavy (non-hydrogen) atoms. The van der Waals surface area contributed by atoms with Gasteiger partial charge < -0.3 is 40.6 Å². The van der Waals surface area contributed by atoms with Gasteiger partial charge in [-0.2, -0.15) is 0 Å². The second kappa shape index (κ2) is 34.9. The fourth-order valence-electron chi connectivity index (χ4n) is 3.76. The third-order valence-electron chi connectivity index (χ3n) is 5.94. The number of aliphatic hydroxyl groups excluding tert-OH is 2. The summed E-state index contributed by atoms with van der Waals surface area (Å²) in [6.45, 7) is 6.28. The summed E-state index contributed by atoms with van der Waals surface area (Å²) in [4.78, 5) is 40.1. The second-order valence-corrected chi connectivity index (χ2v) is 9.73. The monoisotopic (exact) mass is 638 g/mol. The maximum atomic E-state index is 11.6. The van der Waals surface area contributed by atoms with Gasteiger partial charge in [0, 0.05) is 58.9 Å². The fraction of sp³-hybridized carbons (Fsp3) is 0.733. The van der Waals surface area contributed by atoms with Gasteiger partial charge in [-0.15, -0.1) is 0 Å². The van der Waals surface area contributed by atoms with Gasteiger partial charge >= 0.3 is 43.7 Å². The first-order chi connectivity index (χ1) is 20.2. The number of nitrogens with one attached hydrogen (secondary N) is 1. The molecule has 0 atom stereocenters. The van der Waals surface area contributed by atoms with Crippen molar-refractivity contribution in [1.82, 2.24) is 15.1 Å². The number of carbonyl (C=O) groups is 3. The normalized spacial score (nSPS) is 11.5. The van der Waals surface area contributed by atoms with Gasteiger partial charge in [0.2, 0.25) is 5.91 Å². The quantitative estimate of drug-likeness (QED) is 0.0329. The zero-order valence-electron chi connectivity index (χ0n) is 26.4. The summed E-state index contributed by atoms with van der Waals surface area (Å²) in [6.07, 6.45) is 15.7. The number of hydrogen-bond acceptors (Lipinski definition) is 10. The number of aliphatic imine (C=N–C) groups is 1. The molecule has 0 fully saturated rings. The summed E-state index contributed by atoms with van der Waals surface area (Å²) in [7, 11) is 0. The van der Waals surface area contributed by atoms with Gasteiger partial charge in [-0.05, 0) is 77.5 Å². The maximum absolute atomic E-state index is 11.6. The van der Waals surface area contributed by atoms with E-state index in [2.05, 4.69) is 22.5 Å². The summed E-state index contributed by atoms with van der Waals surface area (Å²) in [6, 6.07) is 0. The van der Waals surface area contributed by atoms with Crippen LogP contribution in [0.2, 0.25) is 0 Å². The molecule has 0 saturated carbocycles. The standard InChI is InChI=1S/2C15H28N2O4.Ca/c2*1-2-3-4-5-6-8-14(19)16-9-11-17(10-7-12-18)13-15(20)21;/h2*2-3,18H,4-13H2,1H3,(H,16,19)(H,20,21);/q;;+2/p-2/b2*3-2+;. The van der Waals surface area contributed by atoms with E-state index in [4.69, 9.17) is 15.3 Å². The van der Waals surface area contributed by atoms with Crippen molar-refractivity contribution in [2.45, 2.75) is 78.1 Å². The third-order valence-corrected chi connectivity index (χ3v) is 5.94. The molecular formula is C30H54CaN4O8. The van der Waals surface area contributed by atoms with Gasteiger partial charge in [0.25, 0.3) is 0 Å². The SMILES string of the molecule is C/C=C/CCCCC(=O)NCCN(CCCO)CC(=O)O.C/C=C/CCCCC([O-])=NCCN(CCCO)CC(=O)[O-].[Ca+2]. The van der Waals surface area contributed by atoms with E-state index in [0.717, 1.165) is 38.5 Å². The average Bonchev–Trinajstić information content (AvgIpc) is 2.94. The number of aliphatic carboxylic acids is 2. The summed E-state index contributed by atoms with van der Waals surface area (Å²) in [5.74, 6) is -2.19. The molecule has 12 nitrogen and oxygen atoms in total. The molecule has 0 heterocycles. The molecule has 244 valence electrons. The van der Waals surface area contributed by atoms with Crippen LogP contribution in [0.5, 0.6) is 0 Å². The average molecular weight is 639 g/mol. The maximum Gasteiger partial charge on any atom is 2.00 e. The van der Waals surface area contributed by atoms with Crippen molar-refractivity contribution in [3.8, 4) is 0 Å². The van der Waals surface area contributed by atoms with Crippen molar-refractivity contribution in [3.05, 3.63) is 24.3 Å². The summed E-state index contributed by atoms with van der Waals surface area (Å²) in [5, 5.41) is 51.2. The predicted molar refractivity (Wildman–Crippen MR) is 167 cm³/mol. The van der Waals surface area contributed by atoms with Crippen molar-refractivity contribution < 1.29 is 39.9 Å². The molecule has 0 bridgehead atoms. The smallest absolute Gasteiger partial charge is 0.862 e. The van der Waals surface area contributed by atoms with Crippen molar-refractivity contribution in [3.63, 3.8) is 0 Å². The first-order valence-corrected chi connectivity index (χ1v) is 15.0. The van der Waals surface area contributed by atoms with Crippen molar-refractivity contribution in [2.75, 3.05) is 65.6 Å². The van der Waals surface area contributed by atoms with E-state index < -0.39 is 11.9 Å². The number of carboxylic acid groups (broad SMARTS) is 2. The zero-order valence-corrected chi connectivity index (χ0v) is 28.6. The van der Waals surface area contributed by atoms with Crippen LogP contribution in [0, 0.1) is 0 Å². The summed E-state index contributed by atoms with van der Waals surface area (Å²) < 4.78 is 0. The molecule has 0 aliphatic rings. The number of rotatable bonds is 26. The Kier molecular flexibility index (Phi) is 37.3. The topological polar surface area (TPSA) is 189 Å². The number of allylic oxidation sites excluding steroid dienone is 4. The van der Waals surface area contributed by atoms with Crippen LogP contribution in [0.4, 0.5) is 0 Å². The minimum atomic E-state index is -1.16. The molecule has 0 aliphatic heterocycles. The number of hydrogen-bond donors (Lipinski definition) is 4.